The molecule has 0 fully saturated rings. The summed E-state index contributed by atoms with van der Waals surface area (Å²) in [4.78, 5) is 11.1. The minimum Gasteiger partial charge on any atom is -0.488 e. The molecule has 0 aromatic heterocycles. The zero-order chi connectivity index (χ0) is 14.7. The molecule has 0 unspecified atom stereocenters. The number of halogens is 3. The predicted molar refractivity (Wildman–Crippen MR) is 79.2 cm³/mol. The minimum atomic E-state index is -1.08. The van der Waals surface area contributed by atoms with Gasteiger partial charge in [-0.2, -0.15) is 0 Å². The van der Waals surface area contributed by atoms with Crippen LogP contribution in [0, 0.1) is 0 Å². The van der Waals surface area contributed by atoms with E-state index < -0.39 is 5.97 Å². The van der Waals surface area contributed by atoms with E-state index in [9.17, 15) is 4.79 Å². The van der Waals surface area contributed by atoms with Gasteiger partial charge in [-0.15, -0.1) is 0 Å². The first-order valence-electron chi connectivity index (χ1n) is 5.57. The standard InChI is InChI=1S/C14H9Cl3O3/c15-9-2-3-10(14(18)19)13(6-9)20-7-8-1-4-11(16)12(17)5-8/h1-6H,7H2,(H,18,19). The van der Waals surface area contributed by atoms with Gasteiger partial charge < -0.3 is 9.84 Å². The average Bonchev–Trinajstić information content (AvgIpc) is 2.40. The second-order valence-electron chi connectivity index (χ2n) is 3.98. The van der Waals surface area contributed by atoms with Gasteiger partial charge in [-0.25, -0.2) is 4.79 Å². The van der Waals surface area contributed by atoms with E-state index >= 15 is 0 Å². The molecule has 2 aromatic carbocycles. The number of ether oxygens (including phenoxy) is 1. The van der Waals surface area contributed by atoms with Crippen molar-refractivity contribution in [3.63, 3.8) is 0 Å². The number of rotatable bonds is 4. The molecule has 0 amide bonds. The molecule has 0 spiro atoms. The molecule has 1 N–H and O–H groups in total. The molecule has 0 saturated carbocycles. The van der Waals surface area contributed by atoms with Crippen LogP contribution < -0.4 is 4.74 Å². The van der Waals surface area contributed by atoms with Gasteiger partial charge in [0.25, 0.3) is 0 Å². The number of carbonyl (C=O) groups is 1. The molecule has 0 saturated heterocycles. The van der Waals surface area contributed by atoms with Crippen molar-refractivity contribution in [2.75, 3.05) is 0 Å². The van der Waals surface area contributed by atoms with Gasteiger partial charge in [0.15, 0.2) is 0 Å². The Bertz CT molecular complexity index is 656. The Hall–Kier alpha value is -1.42. The lowest BCUT2D eigenvalue weighted by molar-refractivity contribution is 0.0692. The molecule has 0 aliphatic rings. The highest BCUT2D eigenvalue weighted by Crippen LogP contribution is 2.26. The smallest absolute Gasteiger partial charge is 0.339 e. The van der Waals surface area contributed by atoms with E-state index in [0.717, 1.165) is 5.56 Å². The normalized spacial score (nSPS) is 10.3. The fourth-order valence-electron chi connectivity index (χ4n) is 1.58. The van der Waals surface area contributed by atoms with Crippen molar-refractivity contribution >= 4 is 40.8 Å². The quantitative estimate of drug-likeness (QED) is 0.864. The topological polar surface area (TPSA) is 46.5 Å². The fraction of sp³-hybridized carbons (Fsp3) is 0.0714. The van der Waals surface area contributed by atoms with Crippen LogP contribution in [0.15, 0.2) is 36.4 Å². The van der Waals surface area contributed by atoms with Gasteiger partial charge in [-0.05, 0) is 35.9 Å². The van der Waals surface area contributed by atoms with Crippen molar-refractivity contribution in [1.82, 2.24) is 0 Å². The molecule has 3 nitrogen and oxygen atoms in total. The molecule has 0 aliphatic carbocycles. The number of aromatic carboxylic acids is 1. The van der Waals surface area contributed by atoms with Gasteiger partial charge in [0.1, 0.15) is 17.9 Å². The van der Waals surface area contributed by atoms with Gasteiger partial charge in [-0.3, -0.25) is 0 Å². The molecule has 0 heterocycles. The number of hydrogen-bond acceptors (Lipinski definition) is 2. The van der Waals surface area contributed by atoms with Gasteiger partial charge in [0.2, 0.25) is 0 Å². The van der Waals surface area contributed by atoms with Gasteiger partial charge in [0, 0.05) is 5.02 Å². The summed E-state index contributed by atoms with van der Waals surface area (Å²) >= 11 is 17.6. The van der Waals surface area contributed by atoms with Crippen molar-refractivity contribution in [1.29, 1.82) is 0 Å². The molecule has 2 aromatic rings. The first-order chi connectivity index (χ1) is 9.47. The summed E-state index contributed by atoms with van der Waals surface area (Å²) in [5.74, 6) is -0.873. The molecule has 0 bridgehead atoms. The Kier molecular flexibility index (Phi) is 4.76. The first kappa shape index (κ1) is 15.0. The number of hydrogen-bond donors (Lipinski definition) is 1. The van der Waals surface area contributed by atoms with E-state index in [1.807, 2.05) is 0 Å². The zero-order valence-electron chi connectivity index (χ0n) is 10.1. The minimum absolute atomic E-state index is 0.0504. The highest BCUT2D eigenvalue weighted by atomic mass is 35.5. The Morgan fingerprint density at radius 1 is 1.05 bits per heavy atom. The van der Waals surface area contributed by atoms with Crippen molar-refractivity contribution in [3.05, 3.63) is 62.6 Å². The van der Waals surface area contributed by atoms with Crippen LogP contribution in [0.4, 0.5) is 0 Å². The molecule has 6 heteroatoms. The highest BCUT2D eigenvalue weighted by Gasteiger charge is 2.12. The third-order valence-corrected chi connectivity index (χ3v) is 3.53. The first-order valence-corrected chi connectivity index (χ1v) is 6.70. The zero-order valence-corrected chi connectivity index (χ0v) is 12.3. The van der Waals surface area contributed by atoms with Crippen molar-refractivity contribution in [2.45, 2.75) is 6.61 Å². The summed E-state index contributed by atoms with van der Waals surface area (Å²) in [6.45, 7) is 0.164. The number of carboxylic acids is 1. The molecule has 104 valence electrons. The summed E-state index contributed by atoms with van der Waals surface area (Å²) in [7, 11) is 0. The summed E-state index contributed by atoms with van der Waals surface area (Å²) < 4.78 is 5.49. The van der Waals surface area contributed by atoms with Gasteiger partial charge >= 0.3 is 5.97 Å². The Labute approximate surface area is 130 Å². The van der Waals surface area contributed by atoms with Crippen LogP contribution in [0.2, 0.25) is 15.1 Å². The maximum Gasteiger partial charge on any atom is 0.339 e. The molecule has 0 radical (unpaired) electrons. The van der Waals surface area contributed by atoms with E-state index in [2.05, 4.69) is 0 Å². The molecular weight excluding hydrogens is 323 g/mol. The van der Waals surface area contributed by atoms with Gasteiger partial charge in [-0.1, -0.05) is 40.9 Å². The van der Waals surface area contributed by atoms with Crippen LogP contribution in [0.3, 0.4) is 0 Å². The average molecular weight is 332 g/mol. The molecule has 0 atom stereocenters. The van der Waals surface area contributed by atoms with E-state index in [-0.39, 0.29) is 17.9 Å². The summed E-state index contributed by atoms with van der Waals surface area (Å²) in [6, 6.07) is 9.42. The third-order valence-electron chi connectivity index (χ3n) is 2.55. The molecule has 0 aliphatic heterocycles. The molecule has 2 rings (SSSR count). The maximum atomic E-state index is 11.1. The van der Waals surface area contributed by atoms with E-state index in [1.54, 1.807) is 18.2 Å². The van der Waals surface area contributed by atoms with E-state index in [4.69, 9.17) is 44.6 Å². The second-order valence-corrected chi connectivity index (χ2v) is 5.23. The van der Waals surface area contributed by atoms with E-state index in [0.29, 0.717) is 15.1 Å². The van der Waals surface area contributed by atoms with Crippen molar-refractivity contribution in [3.8, 4) is 5.75 Å². The third kappa shape index (κ3) is 3.57. The van der Waals surface area contributed by atoms with Crippen LogP contribution in [-0.4, -0.2) is 11.1 Å². The molecule has 20 heavy (non-hydrogen) atoms. The monoisotopic (exact) mass is 330 g/mol. The van der Waals surface area contributed by atoms with Crippen LogP contribution in [0.1, 0.15) is 15.9 Å². The molecular formula is C14H9Cl3O3. The SMILES string of the molecule is O=C(O)c1ccc(Cl)cc1OCc1ccc(Cl)c(Cl)c1. The fourth-order valence-corrected chi connectivity index (χ4v) is 2.07. The Morgan fingerprint density at radius 2 is 1.80 bits per heavy atom. The van der Waals surface area contributed by atoms with E-state index in [1.165, 1.54) is 18.2 Å². The lowest BCUT2D eigenvalue weighted by Crippen LogP contribution is -2.03. The number of benzene rings is 2. The van der Waals surface area contributed by atoms with Crippen molar-refractivity contribution < 1.29 is 14.6 Å². The van der Waals surface area contributed by atoms with Crippen LogP contribution in [0.25, 0.3) is 0 Å². The van der Waals surface area contributed by atoms with Crippen LogP contribution >= 0.6 is 34.8 Å². The lowest BCUT2D eigenvalue weighted by atomic mass is 10.2. The summed E-state index contributed by atoms with van der Waals surface area (Å²) in [5, 5.41) is 10.3. The number of carboxylic acid groups (broad SMARTS) is 1. The summed E-state index contributed by atoms with van der Waals surface area (Å²) in [6.07, 6.45) is 0. The van der Waals surface area contributed by atoms with Crippen LogP contribution in [-0.2, 0) is 6.61 Å². The van der Waals surface area contributed by atoms with Crippen LogP contribution in [0.5, 0.6) is 5.75 Å². The summed E-state index contributed by atoms with van der Waals surface area (Å²) in [5.41, 5.74) is 0.824. The Balaban J connectivity index is 2.20. The largest absolute Gasteiger partial charge is 0.488 e. The maximum absolute atomic E-state index is 11.1. The Morgan fingerprint density at radius 3 is 2.45 bits per heavy atom. The highest BCUT2D eigenvalue weighted by molar-refractivity contribution is 6.42. The lowest BCUT2D eigenvalue weighted by Gasteiger charge is -2.10. The van der Waals surface area contributed by atoms with Gasteiger partial charge in [0.05, 0.1) is 10.0 Å². The predicted octanol–water partition coefficient (Wildman–Crippen LogP) is 4.92. The van der Waals surface area contributed by atoms with Crippen molar-refractivity contribution in [2.24, 2.45) is 0 Å². The second kappa shape index (κ2) is 6.35.